The summed E-state index contributed by atoms with van der Waals surface area (Å²) in [6, 6.07) is 0. The van der Waals surface area contributed by atoms with Gasteiger partial charge in [0.15, 0.2) is 0 Å². The van der Waals surface area contributed by atoms with Crippen molar-refractivity contribution in [2.24, 2.45) is 40.9 Å². The van der Waals surface area contributed by atoms with Crippen molar-refractivity contribution in [3.63, 3.8) is 0 Å². The van der Waals surface area contributed by atoms with Crippen LogP contribution in [0, 0.1) is 40.9 Å². The van der Waals surface area contributed by atoms with E-state index in [9.17, 15) is 0 Å². The highest BCUT2D eigenvalue weighted by Gasteiger charge is 2.61. The van der Waals surface area contributed by atoms with E-state index in [4.69, 9.17) is 0 Å². The average Bonchev–Trinajstić information content (AvgIpc) is 2.69. The van der Waals surface area contributed by atoms with Crippen molar-refractivity contribution >= 4 is 0 Å². The molecule has 1 aliphatic rings. The maximum Gasteiger partial charge on any atom is -0.0287 e. The summed E-state index contributed by atoms with van der Waals surface area (Å²) < 4.78 is 0. The topological polar surface area (TPSA) is 0 Å². The third-order valence-electron chi connectivity index (χ3n) is 5.28. The maximum absolute atomic E-state index is 2.50. The van der Waals surface area contributed by atoms with Crippen LogP contribution in [-0.2, 0) is 0 Å². The summed E-state index contributed by atoms with van der Waals surface area (Å²) in [5.74, 6) is 5.41. The first-order chi connectivity index (χ1) is 7.25. The van der Waals surface area contributed by atoms with Crippen LogP contribution in [0.1, 0.15) is 61.8 Å². The molecule has 1 saturated carbocycles. The SMILES string of the molecule is CCC(C(C)C)C(C)C1C(C(C)C)C1(C)C. The molecule has 0 N–H and O–H groups in total. The fourth-order valence-corrected chi connectivity index (χ4v) is 4.71. The lowest BCUT2D eigenvalue weighted by Crippen LogP contribution is -2.21. The number of hydrogen-bond donors (Lipinski definition) is 0. The minimum absolute atomic E-state index is 0.593. The zero-order valence-electron chi connectivity index (χ0n) is 12.7. The first-order valence-electron chi connectivity index (χ1n) is 7.25. The molecule has 0 saturated heterocycles. The van der Waals surface area contributed by atoms with Crippen molar-refractivity contribution < 1.29 is 0 Å². The van der Waals surface area contributed by atoms with Gasteiger partial charge >= 0.3 is 0 Å². The Labute approximate surface area is 103 Å². The number of hydrogen-bond acceptors (Lipinski definition) is 0. The van der Waals surface area contributed by atoms with E-state index in [2.05, 4.69) is 55.4 Å². The molecule has 4 unspecified atom stereocenters. The third-order valence-corrected chi connectivity index (χ3v) is 5.28. The van der Waals surface area contributed by atoms with E-state index in [-0.39, 0.29) is 0 Å². The summed E-state index contributed by atoms with van der Waals surface area (Å²) >= 11 is 0. The second kappa shape index (κ2) is 4.70. The first kappa shape index (κ1) is 14.1. The zero-order valence-corrected chi connectivity index (χ0v) is 12.7. The van der Waals surface area contributed by atoms with Gasteiger partial charge in [0.2, 0.25) is 0 Å². The highest BCUT2D eigenvalue weighted by molar-refractivity contribution is 5.08. The molecule has 0 nitrogen and oxygen atoms in total. The Morgan fingerprint density at radius 1 is 0.938 bits per heavy atom. The summed E-state index contributed by atoms with van der Waals surface area (Å²) in [5, 5.41) is 0. The van der Waals surface area contributed by atoms with Gasteiger partial charge in [-0.05, 0) is 40.9 Å². The molecular formula is C16H32. The molecule has 0 aliphatic heterocycles. The fraction of sp³-hybridized carbons (Fsp3) is 1.00. The van der Waals surface area contributed by atoms with Crippen LogP contribution < -0.4 is 0 Å². The Kier molecular flexibility index (Phi) is 4.13. The van der Waals surface area contributed by atoms with E-state index in [1.165, 1.54) is 6.42 Å². The van der Waals surface area contributed by atoms with Gasteiger partial charge < -0.3 is 0 Å². The predicted octanol–water partition coefficient (Wildman–Crippen LogP) is 5.23. The van der Waals surface area contributed by atoms with Crippen LogP contribution in [0.3, 0.4) is 0 Å². The van der Waals surface area contributed by atoms with Gasteiger partial charge in [-0.3, -0.25) is 0 Å². The van der Waals surface area contributed by atoms with Crippen molar-refractivity contribution in [1.82, 2.24) is 0 Å². The van der Waals surface area contributed by atoms with Gasteiger partial charge in [0.05, 0.1) is 0 Å². The quantitative estimate of drug-likeness (QED) is 0.599. The molecule has 0 radical (unpaired) electrons. The van der Waals surface area contributed by atoms with Gasteiger partial charge in [-0.1, -0.05) is 61.8 Å². The van der Waals surface area contributed by atoms with Gasteiger partial charge in [-0.15, -0.1) is 0 Å². The van der Waals surface area contributed by atoms with E-state index in [0.29, 0.717) is 5.41 Å². The summed E-state index contributed by atoms with van der Waals surface area (Å²) in [7, 11) is 0. The predicted molar refractivity (Wildman–Crippen MR) is 73.4 cm³/mol. The molecule has 0 aromatic rings. The number of rotatable bonds is 5. The van der Waals surface area contributed by atoms with E-state index in [0.717, 1.165) is 35.5 Å². The monoisotopic (exact) mass is 224 g/mol. The first-order valence-corrected chi connectivity index (χ1v) is 7.25. The van der Waals surface area contributed by atoms with Crippen LogP contribution >= 0.6 is 0 Å². The van der Waals surface area contributed by atoms with Gasteiger partial charge in [-0.25, -0.2) is 0 Å². The molecule has 0 spiro atoms. The largest absolute Gasteiger partial charge is 0.0651 e. The Hall–Kier alpha value is 0. The molecule has 4 atom stereocenters. The van der Waals surface area contributed by atoms with Crippen molar-refractivity contribution in [2.75, 3.05) is 0 Å². The molecule has 1 fully saturated rings. The highest BCUT2D eigenvalue weighted by Crippen LogP contribution is 2.66. The van der Waals surface area contributed by atoms with Crippen molar-refractivity contribution in [2.45, 2.75) is 61.8 Å². The Morgan fingerprint density at radius 3 is 1.69 bits per heavy atom. The van der Waals surface area contributed by atoms with Crippen LogP contribution in [0.4, 0.5) is 0 Å². The normalized spacial score (nSPS) is 31.9. The van der Waals surface area contributed by atoms with Crippen LogP contribution in [-0.4, -0.2) is 0 Å². The third kappa shape index (κ3) is 2.31. The molecular weight excluding hydrogens is 192 g/mol. The smallest absolute Gasteiger partial charge is 0.0287 e. The average molecular weight is 224 g/mol. The van der Waals surface area contributed by atoms with Crippen LogP contribution in [0.15, 0.2) is 0 Å². The van der Waals surface area contributed by atoms with Gasteiger partial charge in [-0.2, -0.15) is 0 Å². The van der Waals surface area contributed by atoms with E-state index >= 15 is 0 Å². The molecule has 0 aromatic heterocycles. The van der Waals surface area contributed by atoms with Crippen LogP contribution in [0.25, 0.3) is 0 Å². The van der Waals surface area contributed by atoms with Crippen LogP contribution in [0.2, 0.25) is 0 Å². The van der Waals surface area contributed by atoms with Gasteiger partial charge in [0.1, 0.15) is 0 Å². The second-order valence-electron chi connectivity index (χ2n) is 7.29. The molecule has 1 aliphatic carbocycles. The van der Waals surface area contributed by atoms with Gasteiger partial charge in [0, 0.05) is 0 Å². The van der Waals surface area contributed by atoms with Gasteiger partial charge in [0.25, 0.3) is 0 Å². The Bertz CT molecular complexity index is 224. The van der Waals surface area contributed by atoms with Crippen molar-refractivity contribution in [3.05, 3.63) is 0 Å². The fourth-order valence-electron chi connectivity index (χ4n) is 4.71. The molecule has 96 valence electrons. The van der Waals surface area contributed by atoms with Crippen molar-refractivity contribution in [3.8, 4) is 0 Å². The standard InChI is InChI=1S/C16H32/c1-9-13(10(2)3)12(6)15-14(11(4)5)16(15,7)8/h10-15H,9H2,1-8H3. The minimum Gasteiger partial charge on any atom is -0.0651 e. The molecule has 0 bridgehead atoms. The maximum atomic E-state index is 2.50. The molecule has 0 heteroatoms. The molecule has 1 rings (SSSR count). The van der Waals surface area contributed by atoms with Crippen molar-refractivity contribution in [1.29, 1.82) is 0 Å². The van der Waals surface area contributed by atoms with E-state index < -0.39 is 0 Å². The lowest BCUT2D eigenvalue weighted by atomic mass is 9.78. The zero-order chi connectivity index (χ0) is 12.7. The summed E-state index contributed by atoms with van der Waals surface area (Å²) in [6.45, 7) is 19.4. The molecule has 16 heavy (non-hydrogen) atoms. The highest BCUT2D eigenvalue weighted by atomic mass is 14.7. The summed E-state index contributed by atoms with van der Waals surface area (Å²) in [4.78, 5) is 0. The lowest BCUT2D eigenvalue weighted by Gasteiger charge is -2.28. The molecule has 0 heterocycles. The molecule has 0 aromatic carbocycles. The second-order valence-corrected chi connectivity index (χ2v) is 7.29. The van der Waals surface area contributed by atoms with E-state index in [1.54, 1.807) is 0 Å². The van der Waals surface area contributed by atoms with E-state index in [1.807, 2.05) is 0 Å². The Balaban J connectivity index is 2.72. The summed E-state index contributed by atoms with van der Waals surface area (Å²) in [5.41, 5.74) is 0.593. The lowest BCUT2D eigenvalue weighted by molar-refractivity contribution is 0.213. The summed E-state index contributed by atoms with van der Waals surface area (Å²) in [6.07, 6.45) is 1.34. The van der Waals surface area contributed by atoms with Crippen LogP contribution in [0.5, 0.6) is 0 Å². The minimum atomic E-state index is 0.593. The molecule has 0 amide bonds. The Morgan fingerprint density at radius 2 is 1.44 bits per heavy atom.